The van der Waals surface area contributed by atoms with E-state index in [1.54, 1.807) is 17.6 Å². The number of hydrogen-bond donors (Lipinski definition) is 0. The maximum atomic E-state index is 5.12. The van der Waals surface area contributed by atoms with E-state index in [-0.39, 0.29) is 31.9 Å². The van der Waals surface area contributed by atoms with E-state index in [9.17, 15) is 0 Å². The smallest absolute Gasteiger partial charge is 0.464 e. The molecule has 10 aromatic rings. The fourth-order valence-corrected chi connectivity index (χ4v) is 10.3. The third-order valence-corrected chi connectivity index (χ3v) is 15.0. The maximum Gasteiger partial charge on any atom is 2.00 e. The number of furan rings is 1. The van der Waals surface area contributed by atoms with Crippen LogP contribution in [0.25, 0.3) is 31.8 Å². The molecular formula is C97H144FeN3OS+. The number of pyridine rings is 1. The number of rotatable bonds is 1. The van der Waals surface area contributed by atoms with Crippen molar-refractivity contribution in [3.63, 3.8) is 0 Å². The second-order valence-corrected chi connectivity index (χ2v) is 32.6. The van der Waals surface area contributed by atoms with E-state index >= 15 is 0 Å². The molecule has 5 heterocycles. The fraction of sp³-hybridized carbons (Fsp3) is 0.454. The normalized spacial score (nSPS) is 12.6. The minimum atomic E-state index is 0. The Balaban J connectivity index is 0. The van der Waals surface area contributed by atoms with Gasteiger partial charge >= 0.3 is 17.1 Å². The Kier molecular flexibility index (Phi) is 56.9. The molecule has 0 saturated heterocycles. The van der Waals surface area contributed by atoms with Crippen molar-refractivity contribution in [2.75, 3.05) is 0 Å². The summed E-state index contributed by atoms with van der Waals surface area (Å²) in [6, 6.07) is 69.9. The van der Waals surface area contributed by atoms with Gasteiger partial charge in [-0.25, -0.2) is 0 Å². The van der Waals surface area contributed by atoms with Crippen LogP contribution in [0.15, 0.2) is 233 Å². The van der Waals surface area contributed by atoms with Crippen LogP contribution in [0.2, 0.25) is 0 Å². The number of fused-ring (bicyclic) bond motifs is 5. The SMILES string of the molecule is C1=N[n+]2ccccc2C1.C1CCCC1.C1CCCC1.CC(C)(C)C.CC(C)C.CC(C)C.CC(C)C.CC(C)C.CC(C)C.CC(C)C1=Nc2ccccc2C1.[CH3-].[CH3-].[Fe+2].c1cc2ccc1CCc1ccc(cc1)CC2.c1ccc2ccccc2c1.c1ccc2occc2c1.c1ccc2sccc2c1. The molecule has 8 aliphatic rings. The Morgan fingerprint density at radius 1 is 0.388 bits per heavy atom. The van der Waals surface area contributed by atoms with E-state index in [0.29, 0.717) is 11.3 Å². The molecule has 7 aromatic carbocycles. The summed E-state index contributed by atoms with van der Waals surface area (Å²) in [5.41, 5.74) is 12.4. The summed E-state index contributed by atoms with van der Waals surface area (Å²) >= 11 is 1.79. The van der Waals surface area contributed by atoms with Crippen LogP contribution in [-0.2, 0) is 55.6 Å². The fourth-order valence-electron chi connectivity index (χ4n) is 9.49. The summed E-state index contributed by atoms with van der Waals surface area (Å²) in [6.45, 7) is 45.6. The second-order valence-electron chi connectivity index (χ2n) is 31.7. The summed E-state index contributed by atoms with van der Waals surface area (Å²) in [7, 11) is 0. The molecule has 0 radical (unpaired) electrons. The number of aromatic nitrogens is 1. The van der Waals surface area contributed by atoms with Gasteiger partial charge in [-0.2, -0.15) is 0 Å². The molecule has 103 heavy (non-hydrogen) atoms. The molecule has 566 valence electrons. The van der Waals surface area contributed by atoms with Gasteiger partial charge in [0.15, 0.2) is 0 Å². The monoisotopic (exact) mass is 1460 g/mol. The molecule has 0 N–H and O–H groups in total. The first-order valence-corrected chi connectivity index (χ1v) is 39.2. The van der Waals surface area contributed by atoms with E-state index in [4.69, 9.17) is 4.42 Å². The van der Waals surface area contributed by atoms with Gasteiger partial charge in [-0.3, -0.25) is 4.99 Å². The Morgan fingerprint density at radius 2 is 0.728 bits per heavy atom. The molecule has 2 fully saturated rings. The molecule has 0 unspecified atom stereocenters. The van der Waals surface area contributed by atoms with Crippen LogP contribution in [0.3, 0.4) is 0 Å². The largest absolute Gasteiger partial charge is 2.00 e. The number of benzene rings is 7. The standard InChI is InChI=1S/C16H16.C11H13N.C10H8.C8H6O.C8H6S.C7H7N2.2C5H10.C5H12.5C4H10.2CH3.Fe/c1-2-14-4-3-13(1)9-10-15-5-7-16(8-6-15)12-11-14;1-8(2)11-7-9-5-3-4-6-10(9)12-11;1-2-6-10-8-4-3-7-9(10)5-1;2*1-2-4-8-7(3-1)5-6-9-8;1-2-6-9-7(3-1)4-5-8-9;2*1-2-4-5-3-1;1-5(2,3)4;5*1-4(2)3;;;/h1-8H,9-12H2;3-6,8H,7H2,1-2H3;1-8H;2*1-6H;1-3,5-6H,4H2;2*1-5H2;1-4H3;5*4H,1-3H3;2*1H3;/q;;;;;+1;;;;;;;;;2*-1;+2. The van der Waals surface area contributed by atoms with Crippen molar-refractivity contribution >= 4 is 60.8 Å². The van der Waals surface area contributed by atoms with Crippen LogP contribution < -0.4 is 4.68 Å². The van der Waals surface area contributed by atoms with Crippen molar-refractivity contribution in [1.82, 2.24) is 0 Å². The first-order chi connectivity index (χ1) is 47.7. The molecule has 18 rings (SSSR count). The average Bonchev–Trinajstić information content (AvgIpc) is 1.73. The van der Waals surface area contributed by atoms with Gasteiger partial charge in [0.2, 0.25) is 11.9 Å². The number of thiophene rings is 1. The molecule has 4 nitrogen and oxygen atoms in total. The van der Waals surface area contributed by atoms with Crippen molar-refractivity contribution in [3.8, 4) is 0 Å². The second kappa shape index (κ2) is 59.6. The van der Waals surface area contributed by atoms with Gasteiger partial charge in [0.1, 0.15) is 5.58 Å². The molecule has 6 aliphatic carbocycles. The zero-order valence-electron chi connectivity index (χ0n) is 69.2. The van der Waals surface area contributed by atoms with Crippen LogP contribution in [-0.4, -0.2) is 11.9 Å². The van der Waals surface area contributed by atoms with Crippen molar-refractivity contribution in [2.45, 2.75) is 248 Å². The van der Waals surface area contributed by atoms with E-state index in [1.165, 1.54) is 130 Å². The summed E-state index contributed by atoms with van der Waals surface area (Å²) in [5, 5.41) is 11.3. The van der Waals surface area contributed by atoms with Gasteiger partial charge in [0.25, 0.3) is 0 Å². The van der Waals surface area contributed by atoms with Crippen LogP contribution >= 0.6 is 11.3 Å². The first kappa shape index (κ1) is 98.4. The summed E-state index contributed by atoms with van der Waals surface area (Å²) in [5.74, 6) is 4.75. The summed E-state index contributed by atoms with van der Waals surface area (Å²) in [4.78, 5) is 4.57. The minimum Gasteiger partial charge on any atom is -0.464 e. The Hall–Kier alpha value is -6.69. The van der Waals surface area contributed by atoms with Crippen molar-refractivity contribution < 1.29 is 26.2 Å². The predicted molar refractivity (Wildman–Crippen MR) is 463 cm³/mol. The van der Waals surface area contributed by atoms with Crippen LogP contribution in [0.4, 0.5) is 5.69 Å². The van der Waals surface area contributed by atoms with E-state index in [0.717, 1.165) is 79.1 Å². The maximum absolute atomic E-state index is 5.12. The van der Waals surface area contributed by atoms with E-state index in [2.05, 4.69) is 313 Å². The third-order valence-electron chi connectivity index (χ3n) is 14.1. The first-order valence-electron chi connectivity index (χ1n) is 38.3. The van der Waals surface area contributed by atoms with Gasteiger partial charge < -0.3 is 19.3 Å². The molecule has 0 amide bonds. The number of para-hydroxylation sites is 2. The number of aryl methyl sites for hydroxylation is 4. The molecule has 4 bridgehead atoms. The summed E-state index contributed by atoms with van der Waals surface area (Å²) < 4.78 is 8.38. The molecule has 3 aromatic heterocycles. The van der Waals surface area contributed by atoms with Gasteiger partial charge in [-0.15, -0.1) is 11.3 Å². The van der Waals surface area contributed by atoms with Crippen molar-refractivity contribution in [1.29, 1.82) is 0 Å². The van der Waals surface area contributed by atoms with Gasteiger partial charge in [0.05, 0.1) is 24.6 Å². The zero-order valence-corrected chi connectivity index (χ0v) is 71.1. The van der Waals surface area contributed by atoms with Crippen molar-refractivity contribution in [3.05, 3.63) is 266 Å². The van der Waals surface area contributed by atoms with Gasteiger partial charge in [0, 0.05) is 34.4 Å². The van der Waals surface area contributed by atoms with E-state index in [1.807, 2.05) is 65.6 Å². The number of hydrogen-bond acceptors (Lipinski definition) is 4. The van der Waals surface area contributed by atoms with Gasteiger partial charge in [-0.1, -0.05) is 366 Å². The number of aliphatic imine (C=N–C) groups is 1. The predicted octanol–water partition coefficient (Wildman–Crippen LogP) is 30.2. The molecule has 0 spiro atoms. The molecular weight excluding hydrogens is 1310 g/mol. The molecule has 2 aliphatic heterocycles. The molecule has 0 atom stereocenters. The van der Waals surface area contributed by atoms with E-state index < -0.39 is 0 Å². The number of nitrogens with zero attached hydrogens (tertiary/aromatic N) is 3. The topological polar surface area (TPSA) is 41.7 Å². The van der Waals surface area contributed by atoms with Crippen molar-refractivity contribution in [2.24, 2.45) is 51.0 Å². The van der Waals surface area contributed by atoms with Crippen LogP contribution in [0, 0.1) is 55.8 Å². The zero-order chi connectivity index (χ0) is 73.9. The Bertz CT molecular complexity index is 3280. The third kappa shape index (κ3) is 52.8. The minimum absolute atomic E-state index is 0. The Morgan fingerprint density at radius 3 is 1.09 bits per heavy atom. The quantitative estimate of drug-likeness (QED) is 0.0917. The molecule has 6 heteroatoms. The van der Waals surface area contributed by atoms with Crippen LogP contribution in [0.5, 0.6) is 0 Å². The molecule has 2 saturated carbocycles. The van der Waals surface area contributed by atoms with Gasteiger partial charge in [-0.05, 0) is 157 Å². The summed E-state index contributed by atoms with van der Waals surface area (Å²) in [6.07, 6.45) is 27.2. The average molecular weight is 1460 g/mol. The Labute approximate surface area is 648 Å². The van der Waals surface area contributed by atoms with Crippen LogP contribution in [0.1, 0.15) is 243 Å².